The molecule has 0 atom stereocenters. The molecule has 2 aromatic carbocycles. The molecule has 1 N–H and O–H groups in total. The van der Waals surface area contributed by atoms with Gasteiger partial charge in [0.25, 0.3) is 5.56 Å². The van der Waals surface area contributed by atoms with Crippen LogP contribution in [0.2, 0.25) is 0 Å². The summed E-state index contributed by atoms with van der Waals surface area (Å²) in [7, 11) is 1.65. The molecular weight excluding hydrogens is 364 g/mol. The van der Waals surface area contributed by atoms with E-state index in [1.54, 1.807) is 14.0 Å². The average molecular weight is 390 g/mol. The van der Waals surface area contributed by atoms with Crippen LogP contribution in [-0.2, 0) is 13.5 Å². The number of aryl methyl sites for hydroxylation is 4. The normalized spacial score (nSPS) is 11.7. The number of benzene rings is 2. The lowest BCUT2D eigenvalue weighted by Crippen LogP contribution is -2.10. The molecule has 0 spiro atoms. The van der Waals surface area contributed by atoms with Gasteiger partial charge in [-0.05, 0) is 68.1 Å². The van der Waals surface area contributed by atoms with Crippen molar-refractivity contribution < 1.29 is 0 Å². The monoisotopic (exact) mass is 390 g/mol. The van der Waals surface area contributed by atoms with Crippen LogP contribution in [0.25, 0.3) is 0 Å². The van der Waals surface area contributed by atoms with Crippen LogP contribution in [-0.4, -0.2) is 9.78 Å². The summed E-state index contributed by atoms with van der Waals surface area (Å²) in [5.74, 6) is 0. The zero-order chi connectivity index (χ0) is 20.8. The number of H-pyrrole nitrogens is 1. The summed E-state index contributed by atoms with van der Waals surface area (Å²) in [4.78, 5) is 12.0. The summed E-state index contributed by atoms with van der Waals surface area (Å²) >= 11 is 0. The Morgan fingerprint density at radius 2 is 1.62 bits per heavy atom. The number of nitrogens with one attached hydrogen (secondary N) is 1. The van der Waals surface area contributed by atoms with E-state index in [0.29, 0.717) is 17.1 Å². The number of hydrogen-bond donors (Lipinski definition) is 1. The second-order valence-corrected chi connectivity index (χ2v) is 7.09. The van der Waals surface area contributed by atoms with Gasteiger partial charge in [0.1, 0.15) is 0 Å². The number of nitrogens with zero attached hydrogens (tertiary/aromatic N) is 5. The molecule has 7 heteroatoms. The Hall–Kier alpha value is -3.35. The lowest BCUT2D eigenvalue weighted by atomic mass is 10.1. The van der Waals surface area contributed by atoms with Crippen molar-refractivity contribution >= 4 is 22.7 Å². The van der Waals surface area contributed by atoms with Crippen molar-refractivity contribution in [3.8, 4) is 0 Å². The van der Waals surface area contributed by atoms with E-state index in [4.69, 9.17) is 0 Å². The highest BCUT2D eigenvalue weighted by Gasteiger charge is 2.08. The van der Waals surface area contributed by atoms with Crippen molar-refractivity contribution in [1.29, 1.82) is 0 Å². The molecule has 0 aliphatic heterocycles. The van der Waals surface area contributed by atoms with Crippen molar-refractivity contribution in [2.75, 3.05) is 0 Å². The molecule has 3 rings (SSSR count). The summed E-state index contributed by atoms with van der Waals surface area (Å²) < 4.78 is 1.39. The fourth-order valence-corrected chi connectivity index (χ4v) is 2.94. The van der Waals surface area contributed by atoms with Crippen LogP contribution >= 0.6 is 0 Å². The Labute approximate surface area is 170 Å². The van der Waals surface area contributed by atoms with Crippen LogP contribution in [0.3, 0.4) is 0 Å². The van der Waals surface area contributed by atoms with Gasteiger partial charge in [-0.2, -0.15) is 15.3 Å². The molecule has 0 saturated carbocycles. The topological polar surface area (TPSA) is 87.2 Å². The highest BCUT2D eigenvalue weighted by molar-refractivity contribution is 5.54. The lowest BCUT2D eigenvalue weighted by Gasteiger charge is -2.01. The minimum Gasteiger partial charge on any atom is -0.298 e. The van der Waals surface area contributed by atoms with Gasteiger partial charge in [0.15, 0.2) is 5.69 Å². The molecule has 0 unspecified atom stereocenters. The Morgan fingerprint density at radius 1 is 0.931 bits per heavy atom. The second kappa shape index (κ2) is 9.23. The molecule has 29 heavy (non-hydrogen) atoms. The van der Waals surface area contributed by atoms with Gasteiger partial charge in [0.05, 0.1) is 22.8 Å². The molecule has 0 aliphatic carbocycles. The van der Waals surface area contributed by atoms with Crippen LogP contribution in [0.15, 0.2) is 67.7 Å². The molecule has 150 valence electrons. The average Bonchev–Trinajstić information content (AvgIpc) is 2.96. The third-order valence-corrected chi connectivity index (χ3v) is 4.67. The minimum atomic E-state index is -0.199. The standard InChI is InChI=1S/C22H26N6O/c1-5-6-7-17-8-10-18(11-9-17)23-24-19-12-13-20(15(2)14-19)25-26-21-16(3)27-28(4)22(21)29/h8-14,27H,5-7H2,1-4H3. The van der Waals surface area contributed by atoms with Crippen molar-refractivity contribution in [3.05, 3.63) is 69.6 Å². The van der Waals surface area contributed by atoms with Crippen LogP contribution in [0.5, 0.6) is 0 Å². The zero-order valence-corrected chi connectivity index (χ0v) is 17.3. The number of aromatic nitrogens is 2. The summed E-state index contributed by atoms with van der Waals surface area (Å²) in [5.41, 5.74) is 5.29. The highest BCUT2D eigenvalue weighted by atomic mass is 16.1. The van der Waals surface area contributed by atoms with Gasteiger partial charge in [-0.1, -0.05) is 25.5 Å². The van der Waals surface area contributed by atoms with E-state index in [0.717, 1.165) is 23.4 Å². The van der Waals surface area contributed by atoms with E-state index >= 15 is 0 Å². The molecule has 1 aromatic heterocycles. The van der Waals surface area contributed by atoms with Gasteiger partial charge in [0, 0.05) is 7.05 Å². The van der Waals surface area contributed by atoms with Crippen LogP contribution in [0.4, 0.5) is 22.7 Å². The number of hydrogen-bond acceptors (Lipinski definition) is 5. The summed E-state index contributed by atoms with van der Waals surface area (Å²) in [5, 5.41) is 19.9. The molecule has 3 aromatic rings. The third kappa shape index (κ3) is 5.13. The fraction of sp³-hybridized carbons (Fsp3) is 0.318. The molecule has 1 heterocycles. The maximum absolute atomic E-state index is 12.0. The molecule has 0 radical (unpaired) electrons. The first-order valence-electron chi connectivity index (χ1n) is 9.76. The molecular formula is C22H26N6O. The summed E-state index contributed by atoms with van der Waals surface area (Å²) in [6.45, 7) is 5.92. The first-order chi connectivity index (χ1) is 14.0. The van der Waals surface area contributed by atoms with Crippen molar-refractivity contribution in [2.24, 2.45) is 27.5 Å². The predicted molar refractivity (Wildman–Crippen MR) is 115 cm³/mol. The second-order valence-electron chi connectivity index (χ2n) is 7.09. The van der Waals surface area contributed by atoms with Gasteiger partial charge in [0.2, 0.25) is 0 Å². The Morgan fingerprint density at radius 3 is 2.24 bits per heavy atom. The summed E-state index contributed by atoms with van der Waals surface area (Å²) in [6, 6.07) is 13.7. The SMILES string of the molecule is CCCCc1ccc(N=Nc2ccc(N=Nc3c(C)[nH]n(C)c3=O)c(C)c2)cc1. The minimum absolute atomic E-state index is 0.199. The number of azo groups is 2. The highest BCUT2D eigenvalue weighted by Crippen LogP contribution is 2.27. The van der Waals surface area contributed by atoms with E-state index in [9.17, 15) is 4.79 Å². The first-order valence-corrected chi connectivity index (χ1v) is 9.76. The van der Waals surface area contributed by atoms with Crippen LogP contribution in [0, 0.1) is 13.8 Å². The molecule has 0 saturated heterocycles. The Bertz CT molecular complexity index is 1090. The Kier molecular flexibility index (Phi) is 6.49. The fourth-order valence-electron chi connectivity index (χ4n) is 2.94. The van der Waals surface area contributed by atoms with Gasteiger partial charge >= 0.3 is 0 Å². The predicted octanol–water partition coefficient (Wildman–Crippen LogP) is 6.50. The van der Waals surface area contributed by atoms with Crippen molar-refractivity contribution in [3.63, 3.8) is 0 Å². The molecule has 0 bridgehead atoms. The van der Waals surface area contributed by atoms with E-state index in [1.165, 1.54) is 23.1 Å². The van der Waals surface area contributed by atoms with Gasteiger partial charge in [-0.15, -0.1) is 5.11 Å². The first kappa shape index (κ1) is 20.4. The van der Waals surface area contributed by atoms with E-state index in [1.807, 2.05) is 37.3 Å². The lowest BCUT2D eigenvalue weighted by molar-refractivity contribution is 0.731. The van der Waals surface area contributed by atoms with Crippen molar-refractivity contribution in [2.45, 2.75) is 40.0 Å². The van der Waals surface area contributed by atoms with Crippen LogP contribution < -0.4 is 5.56 Å². The van der Waals surface area contributed by atoms with Crippen molar-refractivity contribution in [1.82, 2.24) is 9.78 Å². The molecule has 0 amide bonds. The maximum Gasteiger partial charge on any atom is 0.294 e. The molecule has 0 fully saturated rings. The van der Waals surface area contributed by atoms with Gasteiger partial charge in [-0.3, -0.25) is 14.6 Å². The van der Waals surface area contributed by atoms with E-state index in [2.05, 4.69) is 44.6 Å². The Balaban J connectivity index is 1.71. The smallest absolute Gasteiger partial charge is 0.294 e. The summed E-state index contributed by atoms with van der Waals surface area (Å²) in [6.07, 6.45) is 3.48. The third-order valence-electron chi connectivity index (χ3n) is 4.67. The number of unbranched alkanes of at least 4 members (excludes halogenated alkanes) is 1. The van der Waals surface area contributed by atoms with Crippen LogP contribution in [0.1, 0.15) is 36.6 Å². The number of rotatable bonds is 7. The van der Waals surface area contributed by atoms with E-state index in [-0.39, 0.29) is 5.56 Å². The number of aromatic amines is 1. The molecule has 7 nitrogen and oxygen atoms in total. The largest absolute Gasteiger partial charge is 0.298 e. The zero-order valence-electron chi connectivity index (χ0n) is 17.3. The maximum atomic E-state index is 12.0. The van der Waals surface area contributed by atoms with Gasteiger partial charge < -0.3 is 0 Å². The molecule has 0 aliphatic rings. The van der Waals surface area contributed by atoms with E-state index < -0.39 is 0 Å². The quantitative estimate of drug-likeness (QED) is 0.458. The van der Waals surface area contributed by atoms with Gasteiger partial charge in [-0.25, -0.2) is 0 Å².